The third-order valence-electron chi connectivity index (χ3n) is 3.93. The van der Waals surface area contributed by atoms with Gasteiger partial charge in [0.15, 0.2) is 0 Å². The molecule has 0 aliphatic carbocycles. The number of rotatable bonds is 3. The molecule has 0 radical (unpaired) electrons. The smallest absolute Gasteiger partial charge is 0.238 e. The first-order valence-electron chi connectivity index (χ1n) is 7.19. The lowest BCUT2D eigenvalue weighted by Gasteiger charge is -2.18. The van der Waals surface area contributed by atoms with Gasteiger partial charge in [0.05, 0.1) is 11.2 Å². The van der Waals surface area contributed by atoms with Gasteiger partial charge >= 0.3 is 0 Å². The Hall–Kier alpha value is -2.27. The minimum absolute atomic E-state index is 0.0408. The summed E-state index contributed by atoms with van der Waals surface area (Å²) in [4.78, 5) is 0.0408. The molecule has 24 heavy (non-hydrogen) atoms. The molecule has 9 heteroatoms. The highest BCUT2D eigenvalue weighted by atomic mass is 32.2. The maximum Gasteiger partial charge on any atom is 0.238 e. The topological polar surface area (TPSA) is 121 Å². The van der Waals surface area contributed by atoms with Crippen molar-refractivity contribution in [2.24, 2.45) is 5.14 Å². The van der Waals surface area contributed by atoms with Crippen molar-refractivity contribution in [3.63, 3.8) is 0 Å². The Bertz CT molecular complexity index is 1010. The van der Waals surface area contributed by atoms with Crippen LogP contribution in [0.25, 0.3) is 22.1 Å². The van der Waals surface area contributed by atoms with Gasteiger partial charge in [0, 0.05) is 16.5 Å². The van der Waals surface area contributed by atoms with Gasteiger partial charge in [0.1, 0.15) is 11.7 Å². The van der Waals surface area contributed by atoms with E-state index >= 15 is 0 Å². The SMILES string of the molecule is NS(=O)(=O)c1cccc(-c2cccc3ccoc23)c1C1NNNN1. The van der Waals surface area contributed by atoms with Crippen LogP contribution in [0, 0.1) is 0 Å². The van der Waals surface area contributed by atoms with E-state index in [0.29, 0.717) is 16.7 Å². The molecule has 0 spiro atoms. The van der Waals surface area contributed by atoms with Crippen LogP contribution in [0.5, 0.6) is 0 Å². The third kappa shape index (κ3) is 2.49. The minimum Gasteiger partial charge on any atom is -0.464 e. The van der Waals surface area contributed by atoms with Crippen molar-refractivity contribution in [1.82, 2.24) is 21.9 Å². The molecule has 1 aliphatic rings. The molecule has 1 aromatic heterocycles. The number of fused-ring (bicyclic) bond motifs is 1. The van der Waals surface area contributed by atoms with Crippen molar-refractivity contribution in [3.05, 3.63) is 54.3 Å². The van der Waals surface area contributed by atoms with Gasteiger partial charge in [-0.15, -0.1) is 0 Å². The fourth-order valence-corrected chi connectivity index (χ4v) is 3.73. The monoisotopic (exact) mass is 345 g/mol. The lowest BCUT2D eigenvalue weighted by atomic mass is 9.96. The van der Waals surface area contributed by atoms with Crippen LogP contribution in [0.3, 0.4) is 0 Å². The van der Waals surface area contributed by atoms with E-state index < -0.39 is 16.2 Å². The summed E-state index contributed by atoms with van der Waals surface area (Å²) in [6.45, 7) is 0. The molecular weight excluding hydrogens is 330 g/mol. The number of para-hydroxylation sites is 1. The molecule has 0 bridgehead atoms. The summed E-state index contributed by atoms with van der Waals surface area (Å²) in [5.74, 6) is 0. The molecule has 0 unspecified atom stereocenters. The van der Waals surface area contributed by atoms with E-state index in [1.165, 1.54) is 6.07 Å². The second kappa shape index (κ2) is 5.67. The molecule has 0 amide bonds. The second-order valence-corrected chi connectivity index (χ2v) is 6.91. The van der Waals surface area contributed by atoms with Gasteiger partial charge in [-0.05, 0) is 17.7 Å². The highest BCUT2D eigenvalue weighted by Crippen LogP contribution is 2.36. The van der Waals surface area contributed by atoms with E-state index in [0.717, 1.165) is 10.9 Å². The van der Waals surface area contributed by atoms with Gasteiger partial charge < -0.3 is 4.42 Å². The molecule has 2 aromatic carbocycles. The molecule has 8 nitrogen and oxygen atoms in total. The Morgan fingerprint density at radius 2 is 1.67 bits per heavy atom. The van der Waals surface area contributed by atoms with E-state index in [1.54, 1.807) is 12.3 Å². The van der Waals surface area contributed by atoms with Crippen molar-refractivity contribution in [2.75, 3.05) is 0 Å². The molecule has 124 valence electrons. The van der Waals surface area contributed by atoms with Crippen LogP contribution in [0.15, 0.2) is 58.0 Å². The van der Waals surface area contributed by atoms with Gasteiger partial charge in [0.2, 0.25) is 10.0 Å². The van der Waals surface area contributed by atoms with Crippen molar-refractivity contribution in [2.45, 2.75) is 11.1 Å². The van der Waals surface area contributed by atoms with Crippen LogP contribution in [-0.4, -0.2) is 8.42 Å². The number of hydrogen-bond donors (Lipinski definition) is 5. The summed E-state index contributed by atoms with van der Waals surface area (Å²) in [6.07, 6.45) is 1.10. The molecule has 1 saturated heterocycles. The predicted molar refractivity (Wildman–Crippen MR) is 88.3 cm³/mol. The van der Waals surface area contributed by atoms with Crippen molar-refractivity contribution in [3.8, 4) is 11.1 Å². The number of nitrogens with two attached hydrogens (primary N) is 1. The summed E-state index contributed by atoms with van der Waals surface area (Å²) in [5.41, 5.74) is 13.9. The largest absolute Gasteiger partial charge is 0.464 e. The fraction of sp³-hybridized carbons (Fsp3) is 0.0667. The van der Waals surface area contributed by atoms with Crippen molar-refractivity contribution < 1.29 is 12.8 Å². The summed E-state index contributed by atoms with van der Waals surface area (Å²) >= 11 is 0. The van der Waals surface area contributed by atoms with Crippen LogP contribution >= 0.6 is 0 Å². The quantitative estimate of drug-likeness (QED) is 0.477. The highest BCUT2D eigenvalue weighted by Gasteiger charge is 2.27. The maximum atomic E-state index is 12.1. The summed E-state index contributed by atoms with van der Waals surface area (Å²) < 4.78 is 29.7. The Morgan fingerprint density at radius 3 is 2.42 bits per heavy atom. The lowest BCUT2D eigenvalue weighted by Crippen LogP contribution is -2.33. The van der Waals surface area contributed by atoms with E-state index in [1.807, 2.05) is 30.3 Å². The van der Waals surface area contributed by atoms with Crippen LogP contribution in [-0.2, 0) is 10.0 Å². The Labute approximate surface area is 138 Å². The lowest BCUT2D eigenvalue weighted by molar-refractivity contribution is 0.540. The molecule has 3 aromatic rings. The van der Waals surface area contributed by atoms with Gasteiger partial charge in [-0.2, -0.15) is 11.1 Å². The van der Waals surface area contributed by atoms with Gasteiger partial charge in [-0.25, -0.2) is 24.4 Å². The number of hydrogen-bond acceptors (Lipinski definition) is 7. The number of benzene rings is 2. The van der Waals surface area contributed by atoms with E-state index in [-0.39, 0.29) is 4.90 Å². The van der Waals surface area contributed by atoms with Crippen LogP contribution in [0.1, 0.15) is 11.7 Å². The van der Waals surface area contributed by atoms with Crippen LogP contribution < -0.4 is 27.1 Å². The van der Waals surface area contributed by atoms with E-state index in [9.17, 15) is 8.42 Å². The summed E-state index contributed by atoms with van der Waals surface area (Å²) in [6, 6.07) is 12.6. The standard InChI is InChI=1S/C15H15N5O3S/c16-24(21,22)12-6-2-4-10(13(12)15-17-19-20-18-15)11-5-1-3-9-7-8-23-14(9)11/h1-8,15,17-20H,(H2,16,21,22). The molecule has 4 rings (SSSR count). The predicted octanol–water partition coefficient (Wildman–Crippen LogP) is 0.863. The zero-order valence-corrected chi connectivity index (χ0v) is 13.2. The number of nitrogens with one attached hydrogen (secondary N) is 4. The second-order valence-electron chi connectivity index (χ2n) is 5.38. The van der Waals surface area contributed by atoms with Crippen molar-refractivity contribution in [1.29, 1.82) is 0 Å². The molecule has 1 fully saturated rings. The van der Waals surface area contributed by atoms with Crippen molar-refractivity contribution >= 4 is 21.0 Å². The molecule has 2 heterocycles. The van der Waals surface area contributed by atoms with Gasteiger partial charge in [0.25, 0.3) is 0 Å². The average Bonchev–Trinajstić information content (AvgIpc) is 3.24. The average molecular weight is 345 g/mol. The first kappa shape index (κ1) is 15.3. The zero-order chi connectivity index (χ0) is 16.7. The fourth-order valence-electron chi connectivity index (χ4n) is 2.93. The Kier molecular flexibility index (Phi) is 3.61. The molecule has 6 N–H and O–H groups in total. The van der Waals surface area contributed by atoms with Crippen LogP contribution in [0.2, 0.25) is 0 Å². The van der Waals surface area contributed by atoms with Crippen LogP contribution in [0.4, 0.5) is 0 Å². The zero-order valence-electron chi connectivity index (χ0n) is 12.4. The molecule has 1 aliphatic heterocycles. The summed E-state index contributed by atoms with van der Waals surface area (Å²) in [5, 5.41) is 6.35. The first-order chi connectivity index (χ1) is 11.6. The first-order valence-corrected chi connectivity index (χ1v) is 8.74. The Balaban J connectivity index is 2.03. The van der Waals surface area contributed by atoms with E-state index in [2.05, 4.69) is 21.9 Å². The summed E-state index contributed by atoms with van der Waals surface area (Å²) in [7, 11) is -3.91. The number of sulfonamides is 1. The minimum atomic E-state index is -3.91. The number of hydrazine groups is 3. The number of furan rings is 1. The molecule has 0 atom stereocenters. The maximum absolute atomic E-state index is 12.1. The number of primary sulfonamides is 1. The molecular formula is C15H15N5O3S. The third-order valence-corrected chi connectivity index (χ3v) is 4.90. The van der Waals surface area contributed by atoms with Gasteiger partial charge in [-0.3, -0.25) is 0 Å². The molecule has 0 saturated carbocycles. The Morgan fingerprint density at radius 1 is 0.958 bits per heavy atom. The van der Waals surface area contributed by atoms with Gasteiger partial charge in [-0.1, -0.05) is 30.3 Å². The van der Waals surface area contributed by atoms with E-state index in [4.69, 9.17) is 9.56 Å². The highest BCUT2D eigenvalue weighted by molar-refractivity contribution is 7.89. The normalized spacial score (nSPS) is 16.0.